The maximum absolute atomic E-state index is 6.09. The van der Waals surface area contributed by atoms with Gasteiger partial charge in [-0.1, -0.05) is 29.3 Å². The van der Waals surface area contributed by atoms with Gasteiger partial charge in [-0.05, 0) is 19.1 Å². The molecule has 0 radical (unpaired) electrons. The van der Waals surface area contributed by atoms with Gasteiger partial charge in [0, 0.05) is 12.7 Å². The van der Waals surface area contributed by atoms with Gasteiger partial charge in [-0.3, -0.25) is 0 Å². The van der Waals surface area contributed by atoms with E-state index in [1.807, 2.05) is 24.7 Å². The summed E-state index contributed by atoms with van der Waals surface area (Å²) in [6.45, 7) is 3.66. The predicted octanol–water partition coefficient (Wildman–Crippen LogP) is 3.82. The van der Waals surface area contributed by atoms with Crippen molar-refractivity contribution < 1.29 is 0 Å². The number of imidazole rings is 1. The van der Waals surface area contributed by atoms with E-state index in [4.69, 9.17) is 23.2 Å². The molecule has 2 aromatic rings. The maximum atomic E-state index is 6.09. The van der Waals surface area contributed by atoms with Crippen molar-refractivity contribution in [3.63, 3.8) is 0 Å². The van der Waals surface area contributed by atoms with Crippen LogP contribution in [-0.4, -0.2) is 9.55 Å². The minimum Gasteiger partial charge on any atom is -0.378 e. The lowest BCUT2D eigenvalue weighted by molar-refractivity contribution is 0.719. The SMILES string of the molecule is CCn1cncc1CNc1cccc(Cl)c1Cl. The zero-order valence-corrected chi connectivity index (χ0v) is 11.0. The molecule has 1 heterocycles. The molecule has 3 nitrogen and oxygen atoms in total. The van der Waals surface area contributed by atoms with Gasteiger partial charge in [0.15, 0.2) is 0 Å². The van der Waals surface area contributed by atoms with Crippen LogP contribution in [0, 0.1) is 0 Å². The molecule has 0 atom stereocenters. The second-order valence-corrected chi connectivity index (χ2v) is 4.41. The van der Waals surface area contributed by atoms with E-state index in [9.17, 15) is 0 Å². The Labute approximate surface area is 110 Å². The van der Waals surface area contributed by atoms with Crippen LogP contribution < -0.4 is 5.32 Å². The molecule has 0 saturated carbocycles. The largest absolute Gasteiger partial charge is 0.378 e. The average molecular weight is 270 g/mol. The van der Waals surface area contributed by atoms with E-state index >= 15 is 0 Å². The van der Waals surface area contributed by atoms with Crippen molar-refractivity contribution in [1.82, 2.24) is 9.55 Å². The smallest absolute Gasteiger partial charge is 0.0948 e. The summed E-state index contributed by atoms with van der Waals surface area (Å²) in [5.74, 6) is 0. The van der Waals surface area contributed by atoms with E-state index in [0.717, 1.165) is 17.9 Å². The molecule has 17 heavy (non-hydrogen) atoms. The van der Waals surface area contributed by atoms with Crippen LogP contribution in [0.2, 0.25) is 10.0 Å². The fourth-order valence-electron chi connectivity index (χ4n) is 1.61. The lowest BCUT2D eigenvalue weighted by Crippen LogP contribution is -2.06. The number of nitrogens with zero attached hydrogens (tertiary/aromatic N) is 2. The number of hydrogen-bond donors (Lipinski definition) is 1. The monoisotopic (exact) mass is 269 g/mol. The maximum Gasteiger partial charge on any atom is 0.0948 e. The second kappa shape index (κ2) is 5.43. The van der Waals surface area contributed by atoms with E-state index in [0.29, 0.717) is 16.6 Å². The number of nitrogens with one attached hydrogen (secondary N) is 1. The number of hydrogen-bond acceptors (Lipinski definition) is 2. The highest BCUT2D eigenvalue weighted by atomic mass is 35.5. The third-order valence-corrected chi connectivity index (χ3v) is 3.37. The van der Waals surface area contributed by atoms with Gasteiger partial charge in [-0.15, -0.1) is 0 Å². The van der Waals surface area contributed by atoms with Gasteiger partial charge in [-0.25, -0.2) is 4.98 Å². The van der Waals surface area contributed by atoms with E-state index in [1.54, 1.807) is 6.07 Å². The first-order valence-corrected chi connectivity index (χ1v) is 6.15. The summed E-state index contributed by atoms with van der Waals surface area (Å²) >= 11 is 12.0. The van der Waals surface area contributed by atoms with E-state index < -0.39 is 0 Å². The molecule has 0 aliphatic rings. The van der Waals surface area contributed by atoms with Crippen molar-refractivity contribution >= 4 is 28.9 Å². The number of anilines is 1. The Bertz CT molecular complexity index is 508. The molecular weight excluding hydrogens is 257 g/mol. The van der Waals surface area contributed by atoms with Crippen molar-refractivity contribution in [1.29, 1.82) is 0 Å². The molecule has 0 spiro atoms. The Balaban J connectivity index is 2.10. The minimum atomic E-state index is 0.553. The molecule has 0 aliphatic carbocycles. The van der Waals surface area contributed by atoms with Gasteiger partial charge >= 0.3 is 0 Å². The summed E-state index contributed by atoms with van der Waals surface area (Å²) in [4.78, 5) is 4.11. The predicted molar refractivity (Wildman–Crippen MR) is 71.7 cm³/mol. The zero-order valence-electron chi connectivity index (χ0n) is 9.45. The van der Waals surface area contributed by atoms with Crippen LogP contribution in [0.1, 0.15) is 12.6 Å². The lowest BCUT2D eigenvalue weighted by atomic mass is 10.3. The second-order valence-electron chi connectivity index (χ2n) is 3.63. The molecule has 0 aliphatic heterocycles. The normalized spacial score (nSPS) is 10.5. The van der Waals surface area contributed by atoms with Crippen molar-refractivity contribution in [2.24, 2.45) is 0 Å². The van der Waals surface area contributed by atoms with Gasteiger partial charge in [0.1, 0.15) is 0 Å². The van der Waals surface area contributed by atoms with E-state index in [1.165, 1.54) is 0 Å². The molecule has 90 valence electrons. The van der Waals surface area contributed by atoms with Crippen LogP contribution in [0.15, 0.2) is 30.7 Å². The molecule has 0 fully saturated rings. The van der Waals surface area contributed by atoms with Crippen LogP contribution >= 0.6 is 23.2 Å². The van der Waals surface area contributed by atoms with Crippen LogP contribution in [0.4, 0.5) is 5.69 Å². The van der Waals surface area contributed by atoms with Gasteiger partial charge < -0.3 is 9.88 Å². The topological polar surface area (TPSA) is 29.9 Å². The first-order chi connectivity index (χ1) is 8.22. The average Bonchev–Trinajstić information content (AvgIpc) is 2.78. The number of halogens is 2. The zero-order chi connectivity index (χ0) is 12.3. The summed E-state index contributed by atoms with van der Waals surface area (Å²) in [5.41, 5.74) is 1.95. The minimum absolute atomic E-state index is 0.553. The number of benzene rings is 1. The molecule has 1 aromatic heterocycles. The Morgan fingerprint density at radius 2 is 2.18 bits per heavy atom. The third kappa shape index (κ3) is 2.73. The summed E-state index contributed by atoms with van der Waals surface area (Å²) < 4.78 is 2.07. The van der Waals surface area contributed by atoms with Crippen molar-refractivity contribution in [3.05, 3.63) is 46.5 Å². The highest BCUT2D eigenvalue weighted by molar-refractivity contribution is 6.43. The Morgan fingerprint density at radius 1 is 1.35 bits per heavy atom. The summed E-state index contributed by atoms with van der Waals surface area (Å²) in [6, 6.07) is 5.54. The van der Waals surface area contributed by atoms with Crippen molar-refractivity contribution in [2.75, 3.05) is 5.32 Å². The number of rotatable bonds is 4. The lowest BCUT2D eigenvalue weighted by Gasteiger charge is -2.10. The summed E-state index contributed by atoms with van der Waals surface area (Å²) in [7, 11) is 0. The molecule has 0 unspecified atom stereocenters. The molecule has 2 rings (SSSR count). The van der Waals surface area contributed by atoms with Crippen molar-refractivity contribution in [2.45, 2.75) is 20.0 Å². The quantitative estimate of drug-likeness (QED) is 0.915. The van der Waals surface area contributed by atoms with Crippen molar-refractivity contribution in [3.8, 4) is 0 Å². The van der Waals surface area contributed by atoms with Gasteiger partial charge in [0.05, 0.1) is 34.3 Å². The van der Waals surface area contributed by atoms with E-state index in [-0.39, 0.29) is 0 Å². The summed E-state index contributed by atoms with van der Waals surface area (Å²) in [6.07, 6.45) is 3.66. The fraction of sp³-hybridized carbons (Fsp3) is 0.250. The molecule has 0 amide bonds. The van der Waals surface area contributed by atoms with Gasteiger partial charge in [0.25, 0.3) is 0 Å². The third-order valence-electron chi connectivity index (χ3n) is 2.55. The molecule has 5 heteroatoms. The fourth-order valence-corrected chi connectivity index (χ4v) is 1.97. The van der Waals surface area contributed by atoms with E-state index in [2.05, 4.69) is 21.8 Å². The van der Waals surface area contributed by atoms with Gasteiger partial charge in [-0.2, -0.15) is 0 Å². The standard InChI is InChI=1S/C12H13Cl2N3/c1-2-17-8-15-6-9(17)7-16-11-5-3-4-10(13)12(11)14/h3-6,8,16H,2,7H2,1H3. The highest BCUT2D eigenvalue weighted by Crippen LogP contribution is 2.29. The highest BCUT2D eigenvalue weighted by Gasteiger charge is 2.05. The molecule has 1 N–H and O–H groups in total. The first kappa shape index (κ1) is 12.3. The Kier molecular flexibility index (Phi) is 3.92. The number of aromatic nitrogens is 2. The molecule has 1 aromatic carbocycles. The molecule has 0 saturated heterocycles. The van der Waals surface area contributed by atoms with Crippen LogP contribution in [0.5, 0.6) is 0 Å². The van der Waals surface area contributed by atoms with Gasteiger partial charge in [0.2, 0.25) is 0 Å². The van der Waals surface area contributed by atoms with Crippen LogP contribution in [-0.2, 0) is 13.1 Å². The van der Waals surface area contributed by atoms with Crippen LogP contribution in [0.3, 0.4) is 0 Å². The Hall–Kier alpha value is -1.19. The van der Waals surface area contributed by atoms with Crippen LogP contribution in [0.25, 0.3) is 0 Å². The molecule has 0 bridgehead atoms. The molecular formula is C12H13Cl2N3. The summed E-state index contributed by atoms with van der Waals surface area (Å²) in [5, 5.41) is 4.36. The Morgan fingerprint density at radius 3 is 2.94 bits per heavy atom. The first-order valence-electron chi connectivity index (χ1n) is 5.39. The number of aryl methyl sites for hydroxylation is 1.